The van der Waals surface area contributed by atoms with E-state index in [1.165, 1.54) is 7.11 Å². The van der Waals surface area contributed by atoms with E-state index in [4.69, 9.17) is 18.9 Å². The summed E-state index contributed by atoms with van der Waals surface area (Å²) in [5.41, 5.74) is 2.55. The van der Waals surface area contributed by atoms with Crippen molar-refractivity contribution < 1.29 is 47.7 Å². The van der Waals surface area contributed by atoms with Crippen molar-refractivity contribution in [1.82, 2.24) is 26.6 Å². The Labute approximate surface area is 327 Å². The highest BCUT2D eigenvalue weighted by Gasteiger charge is 2.27. The quantitative estimate of drug-likeness (QED) is 0.0467. The first-order chi connectivity index (χ1) is 27.2. The number of nitrogens with one attached hydrogen (secondary N) is 5. The van der Waals surface area contributed by atoms with Crippen LogP contribution >= 0.6 is 0 Å². The lowest BCUT2D eigenvalue weighted by Gasteiger charge is -2.22. The third-order valence-corrected chi connectivity index (χ3v) is 8.32. The van der Waals surface area contributed by atoms with Gasteiger partial charge in [-0.1, -0.05) is 91.0 Å². The van der Waals surface area contributed by atoms with Crippen LogP contribution in [0.15, 0.2) is 91.0 Å². The second-order valence-corrected chi connectivity index (χ2v) is 12.8. The lowest BCUT2D eigenvalue weighted by Crippen LogP contribution is -2.52. The Hall–Kier alpha value is -6.12. The number of rotatable bonds is 24. The van der Waals surface area contributed by atoms with Gasteiger partial charge in [0.15, 0.2) is 0 Å². The minimum absolute atomic E-state index is 0.0127. The van der Waals surface area contributed by atoms with Gasteiger partial charge in [-0.2, -0.15) is 0 Å². The molecule has 5 amide bonds. The van der Waals surface area contributed by atoms with Crippen molar-refractivity contribution in [1.29, 1.82) is 0 Å². The van der Waals surface area contributed by atoms with Crippen LogP contribution in [0.5, 0.6) is 0 Å². The molecule has 3 aromatic rings. The van der Waals surface area contributed by atoms with Crippen LogP contribution in [0, 0.1) is 0 Å². The number of hydrogen-bond donors (Lipinski definition) is 5. The van der Waals surface area contributed by atoms with Crippen molar-refractivity contribution in [2.75, 3.05) is 26.7 Å². The molecule has 0 saturated heterocycles. The van der Waals surface area contributed by atoms with Crippen molar-refractivity contribution in [2.45, 2.75) is 83.3 Å². The van der Waals surface area contributed by atoms with Crippen molar-refractivity contribution in [3.63, 3.8) is 0 Å². The Bertz CT molecular complexity index is 1630. The van der Waals surface area contributed by atoms with Crippen molar-refractivity contribution in [3.05, 3.63) is 108 Å². The molecule has 15 nitrogen and oxygen atoms in total. The van der Waals surface area contributed by atoms with Gasteiger partial charge in [-0.15, -0.1) is 0 Å². The number of unbranched alkanes of at least 4 members (excludes halogenated alkanes) is 2. The SMILES string of the molecule is COC(=O)[C@H](CCCCNC(=O)OCc1ccccc1)NC(=O)[C@H](CCCCNC(=O)OCc1ccccc1)NC(=O)CCCNC(=O)OCc1ccccc1. The Morgan fingerprint density at radius 3 is 1.30 bits per heavy atom. The van der Waals surface area contributed by atoms with E-state index < -0.39 is 48.1 Å². The Kier molecular flexibility index (Phi) is 21.0. The molecule has 15 heteroatoms. The molecule has 5 N–H and O–H groups in total. The number of amides is 5. The smallest absolute Gasteiger partial charge is 0.407 e. The summed E-state index contributed by atoms with van der Waals surface area (Å²) in [6.45, 7) is 1.13. The summed E-state index contributed by atoms with van der Waals surface area (Å²) < 4.78 is 20.6. The van der Waals surface area contributed by atoms with Crippen molar-refractivity contribution in [2.24, 2.45) is 0 Å². The normalized spacial score (nSPS) is 11.5. The molecule has 0 spiro atoms. The molecular weight excluding hydrogens is 722 g/mol. The summed E-state index contributed by atoms with van der Waals surface area (Å²) in [4.78, 5) is 75.3. The zero-order valence-electron chi connectivity index (χ0n) is 31.8. The summed E-state index contributed by atoms with van der Waals surface area (Å²) in [6, 6.07) is 25.8. The molecule has 2 atom stereocenters. The second-order valence-electron chi connectivity index (χ2n) is 12.8. The number of benzene rings is 3. The molecule has 0 heterocycles. The third kappa shape index (κ3) is 19.3. The van der Waals surface area contributed by atoms with E-state index in [1.54, 1.807) is 0 Å². The molecule has 0 bridgehead atoms. The number of methoxy groups -OCH3 is 1. The zero-order valence-corrected chi connectivity index (χ0v) is 31.8. The van der Waals surface area contributed by atoms with Crippen LogP contribution < -0.4 is 26.6 Å². The highest BCUT2D eigenvalue weighted by molar-refractivity contribution is 5.90. The van der Waals surface area contributed by atoms with E-state index in [0.717, 1.165) is 16.7 Å². The Balaban J connectivity index is 1.45. The van der Waals surface area contributed by atoms with Crippen LogP contribution in [0.4, 0.5) is 14.4 Å². The van der Waals surface area contributed by atoms with Crippen LogP contribution in [0.3, 0.4) is 0 Å². The Morgan fingerprint density at radius 2 is 0.893 bits per heavy atom. The Morgan fingerprint density at radius 1 is 0.500 bits per heavy atom. The number of carbonyl (C=O) groups excluding carboxylic acids is 6. The zero-order chi connectivity index (χ0) is 40.2. The highest BCUT2D eigenvalue weighted by atomic mass is 16.6. The molecule has 0 aliphatic carbocycles. The first kappa shape index (κ1) is 44.3. The maximum absolute atomic E-state index is 13.5. The number of esters is 1. The molecule has 56 heavy (non-hydrogen) atoms. The summed E-state index contributed by atoms with van der Waals surface area (Å²) in [5.74, 6) is -1.65. The highest BCUT2D eigenvalue weighted by Crippen LogP contribution is 2.08. The van der Waals surface area contributed by atoms with E-state index in [0.29, 0.717) is 32.2 Å². The molecule has 3 rings (SSSR count). The predicted octanol–water partition coefficient (Wildman–Crippen LogP) is 5.03. The molecule has 0 unspecified atom stereocenters. The van der Waals surface area contributed by atoms with E-state index in [2.05, 4.69) is 26.6 Å². The van der Waals surface area contributed by atoms with Gasteiger partial charge in [-0.05, 0) is 61.6 Å². The average Bonchev–Trinajstić information content (AvgIpc) is 3.22. The number of carbonyl (C=O) groups is 6. The van der Waals surface area contributed by atoms with Gasteiger partial charge in [0.2, 0.25) is 11.8 Å². The van der Waals surface area contributed by atoms with Gasteiger partial charge in [0, 0.05) is 26.1 Å². The van der Waals surface area contributed by atoms with E-state index in [9.17, 15) is 28.8 Å². The number of hydrogen-bond acceptors (Lipinski definition) is 10. The fourth-order valence-electron chi connectivity index (χ4n) is 5.29. The monoisotopic (exact) mass is 775 g/mol. The van der Waals surface area contributed by atoms with Crippen LogP contribution in [-0.4, -0.2) is 74.9 Å². The van der Waals surface area contributed by atoms with Gasteiger partial charge in [-0.3, -0.25) is 9.59 Å². The fraction of sp³-hybridized carbons (Fsp3) is 0.415. The second kappa shape index (κ2) is 26.6. The molecule has 0 radical (unpaired) electrons. The molecule has 0 aliphatic rings. The lowest BCUT2D eigenvalue weighted by molar-refractivity contribution is -0.145. The van der Waals surface area contributed by atoms with Crippen molar-refractivity contribution in [3.8, 4) is 0 Å². The molecule has 0 saturated carbocycles. The fourth-order valence-corrected chi connectivity index (χ4v) is 5.29. The first-order valence-corrected chi connectivity index (χ1v) is 18.7. The van der Waals surface area contributed by atoms with Crippen molar-refractivity contribution >= 4 is 36.1 Å². The van der Waals surface area contributed by atoms with Crippen LogP contribution in [0.25, 0.3) is 0 Å². The largest absolute Gasteiger partial charge is 0.467 e. The maximum atomic E-state index is 13.5. The van der Waals surface area contributed by atoms with Crippen LogP contribution in [0.1, 0.15) is 68.1 Å². The van der Waals surface area contributed by atoms with Gasteiger partial charge in [0.25, 0.3) is 0 Å². The molecule has 0 fully saturated rings. The van der Waals surface area contributed by atoms with E-state index in [1.807, 2.05) is 91.0 Å². The lowest BCUT2D eigenvalue weighted by atomic mass is 10.1. The maximum Gasteiger partial charge on any atom is 0.407 e. The van der Waals surface area contributed by atoms with Gasteiger partial charge >= 0.3 is 24.2 Å². The first-order valence-electron chi connectivity index (χ1n) is 18.7. The third-order valence-electron chi connectivity index (χ3n) is 8.32. The minimum Gasteiger partial charge on any atom is -0.467 e. The summed E-state index contributed by atoms with van der Waals surface area (Å²) >= 11 is 0. The molecule has 0 aliphatic heterocycles. The molecule has 0 aromatic heterocycles. The van der Waals surface area contributed by atoms with Gasteiger partial charge in [0.05, 0.1) is 7.11 Å². The summed E-state index contributed by atoms with van der Waals surface area (Å²) in [7, 11) is 1.22. The van der Waals surface area contributed by atoms with Crippen LogP contribution in [0.2, 0.25) is 0 Å². The molecular formula is C41H53N5O10. The standard InChI is InChI=1S/C41H53N5O10/c1-53-38(49)35(23-12-14-26-43-40(51)55-29-32-18-7-3-8-19-32)46-37(48)34(22-11-13-25-42-39(50)54-28-31-16-5-2-6-17-31)45-36(47)24-15-27-44-41(52)56-30-33-20-9-4-10-21-33/h2-10,16-21,34-35H,11-15,22-30H2,1H3,(H,42,50)(H,43,51)(H,44,52)(H,45,47)(H,46,48)/t34-,35-/m0/s1. The number of ether oxygens (including phenoxy) is 4. The van der Waals surface area contributed by atoms with Gasteiger partial charge in [-0.25, -0.2) is 19.2 Å². The topological polar surface area (TPSA) is 199 Å². The molecule has 302 valence electrons. The van der Waals surface area contributed by atoms with Gasteiger partial charge in [0.1, 0.15) is 31.9 Å². The average molecular weight is 776 g/mol. The summed E-state index contributed by atoms with van der Waals surface area (Å²) in [6.07, 6.45) is 0.868. The van der Waals surface area contributed by atoms with E-state index in [-0.39, 0.29) is 58.6 Å². The predicted molar refractivity (Wildman–Crippen MR) is 207 cm³/mol. The van der Waals surface area contributed by atoms with Gasteiger partial charge < -0.3 is 45.5 Å². The minimum atomic E-state index is -0.996. The van der Waals surface area contributed by atoms with Crippen LogP contribution in [-0.2, 0) is 53.2 Å². The van der Waals surface area contributed by atoms with E-state index >= 15 is 0 Å². The summed E-state index contributed by atoms with van der Waals surface area (Å²) in [5, 5.41) is 13.4. The number of alkyl carbamates (subject to hydrolysis) is 3. The molecule has 3 aromatic carbocycles.